The monoisotopic (exact) mass is 476 g/mol. The summed E-state index contributed by atoms with van der Waals surface area (Å²) >= 11 is 0. The number of carbonyl (C=O) groups is 3. The van der Waals surface area contributed by atoms with Gasteiger partial charge in [0, 0.05) is 24.7 Å². The van der Waals surface area contributed by atoms with Crippen LogP contribution in [0.1, 0.15) is 30.3 Å². The predicted molar refractivity (Wildman–Crippen MR) is 129 cm³/mol. The van der Waals surface area contributed by atoms with Crippen molar-refractivity contribution in [1.82, 2.24) is 20.0 Å². The van der Waals surface area contributed by atoms with Crippen molar-refractivity contribution in [3.05, 3.63) is 72.4 Å². The van der Waals surface area contributed by atoms with E-state index >= 15 is 0 Å². The SMILES string of the molecule is CCOC(=O)N1CCC(NC(=O)COC(=O)c2cc(-c3ccccc3)nn2-c2ccccc2)CC1. The lowest BCUT2D eigenvalue weighted by Gasteiger charge is -2.31. The van der Waals surface area contributed by atoms with Crippen LogP contribution in [0.2, 0.25) is 0 Å². The van der Waals surface area contributed by atoms with E-state index in [1.165, 1.54) is 4.68 Å². The minimum atomic E-state index is -0.643. The standard InChI is InChI=1S/C26H28N4O5/c1-2-34-26(33)29-15-13-20(14-16-29)27-24(31)18-35-25(32)23-17-22(19-9-5-3-6-10-19)28-30(23)21-11-7-4-8-12-21/h3-12,17,20H,2,13-16,18H2,1H3,(H,27,31). The number of para-hydroxylation sites is 1. The third kappa shape index (κ3) is 6.06. The Morgan fingerprint density at radius 1 is 0.971 bits per heavy atom. The molecule has 1 aliphatic heterocycles. The zero-order valence-corrected chi connectivity index (χ0v) is 19.6. The summed E-state index contributed by atoms with van der Waals surface area (Å²) in [6.45, 7) is 2.69. The first-order valence-corrected chi connectivity index (χ1v) is 11.6. The summed E-state index contributed by atoms with van der Waals surface area (Å²) in [4.78, 5) is 38.8. The highest BCUT2D eigenvalue weighted by molar-refractivity contribution is 5.91. The molecular weight excluding hydrogens is 448 g/mol. The number of rotatable bonds is 7. The first kappa shape index (κ1) is 24.0. The van der Waals surface area contributed by atoms with Crippen molar-refractivity contribution in [3.63, 3.8) is 0 Å². The lowest BCUT2D eigenvalue weighted by Crippen LogP contribution is -2.47. The molecule has 1 aliphatic rings. The molecule has 1 N–H and O–H groups in total. The molecule has 0 unspecified atom stereocenters. The lowest BCUT2D eigenvalue weighted by atomic mass is 10.1. The van der Waals surface area contributed by atoms with Crippen LogP contribution in [0.3, 0.4) is 0 Å². The van der Waals surface area contributed by atoms with Crippen LogP contribution in [0, 0.1) is 0 Å². The van der Waals surface area contributed by atoms with Gasteiger partial charge in [-0.1, -0.05) is 48.5 Å². The molecule has 3 aromatic rings. The van der Waals surface area contributed by atoms with Gasteiger partial charge in [-0.2, -0.15) is 5.10 Å². The molecular formula is C26H28N4O5. The molecule has 1 saturated heterocycles. The lowest BCUT2D eigenvalue weighted by molar-refractivity contribution is -0.125. The average molecular weight is 477 g/mol. The number of hydrogen-bond acceptors (Lipinski definition) is 6. The van der Waals surface area contributed by atoms with Crippen LogP contribution in [0.4, 0.5) is 4.79 Å². The van der Waals surface area contributed by atoms with Gasteiger partial charge in [0.25, 0.3) is 5.91 Å². The van der Waals surface area contributed by atoms with E-state index in [-0.39, 0.29) is 23.7 Å². The number of ether oxygens (including phenoxy) is 2. The number of aromatic nitrogens is 2. The Kier molecular flexibility index (Phi) is 7.77. The Morgan fingerprint density at radius 3 is 2.29 bits per heavy atom. The van der Waals surface area contributed by atoms with E-state index in [1.807, 2.05) is 60.7 Å². The van der Waals surface area contributed by atoms with Crippen LogP contribution >= 0.6 is 0 Å². The van der Waals surface area contributed by atoms with E-state index in [2.05, 4.69) is 10.4 Å². The molecule has 0 atom stereocenters. The third-order valence-corrected chi connectivity index (χ3v) is 5.71. The Hall–Kier alpha value is -4.14. The summed E-state index contributed by atoms with van der Waals surface area (Å²) in [5, 5.41) is 7.48. The molecule has 2 amide bonds. The maximum absolute atomic E-state index is 12.9. The molecule has 182 valence electrons. The summed E-state index contributed by atoms with van der Waals surface area (Å²) in [5.74, 6) is -1.03. The van der Waals surface area contributed by atoms with Gasteiger partial charge in [-0.15, -0.1) is 0 Å². The molecule has 1 aromatic heterocycles. The number of amides is 2. The van der Waals surface area contributed by atoms with Crippen molar-refractivity contribution in [2.24, 2.45) is 0 Å². The molecule has 2 aromatic carbocycles. The Morgan fingerprint density at radius 2 is 1.63 bits per heavy atom. The minimum absolute atomic E-state index is 0.0913. The normalized spacial score (nSPS) is 13.8. The van der Waals surface area contributed by atoms with Crippen molar-refractivity contribution in [3.8, 4) is 16.9 Å². The maximum Gasteiger partial charge on any atom is 0.409 e. The zero-order valence-electron chi connectivity index (χ0n) is 19.6. The van der Waals surface area contributed by atoms with E-state index in [0.717, 1.165) is 5.56 Å². The molecule has 4 rings (SSSR count). The highest BCUT2D eigenvalue weighted by Crippen LogP contribution is 2.22. The van der Waals surface area contributed by atoms with Crippen LogP contribution < -0.4 is 5.32 Å². The van der Waals surface area contributed by atoms with Crippen LogP contribution in [0.15, 0.2) is 66.7 Å². The topological polar surface area (TPSA) is 103 Å². The van der Waals surface area contributed by atoms with Crippen molar-refractivity contribution >= 4 is 18.0 Å². The molecule has 0 spiro atoms. The fourth-order valence-corrected chi connectivity index (χ4v) is 3.94. The second kappa shape index (κ2) is 11.3. The van der Waals surface area contributed by atoms with Crippen molar-refractivity contribution in [2.75, 3.05) is 26.3 Å². The fourth-order valence-electron chi connectivity index (χ4n) is 3.94. The van der Waals surface area contributed by atoms with E-state index < -0.39 is 12.6 Å². The number of nitrogens with zero attached hydrogens (tertiary/aromatic N) is 3. The van der Waals surface area contributed by atoms with Gasteiger partial charge in [0.1, 0.15) is 0 Å². The van der Waals surface area contributed by atoms with Gasteiger partial charge in [-0.05, 0) is 38.0 Å². The van der Waals surface area contributed by atoms with E-state index in [0.29, 0.717) is 43.9 Å². The van der Waals surface area contributed by atoms with Crippen LogP contribution in [0.25, 0.3) is 16.9 Å². The first-order chi connectivity index (χ1) is 17.0. The third-order valence-electron chi connectivity index (χ3n) is 5.71. The Balaban J connectivity index is 1.38. The molecule has 2 heterocycles. The number of likely N-dealkylation sites (tertiary alicyclic amines) is 1. The first-order valence-electron chi connectivity index (χ1n) is 11.6. The Labute approximate surface area is 203 Å². The van der Waals surface area contributed by atoms with Crippen molar-refractivity contribution in [1.29, 1.82) is 0 Å². The van der Waals surface area contributed by atoms with Gasteiger partial charge in [-0.3, -0.25) is 4.79 Å². The molecule has 0 saturated carbocycles. The molecule has 0 aliphatic carbocycles. The van der Waals surface area contributed by atoms with E-state index in [1.54, 1.807) is 17.9 Å². The molecule has 0 radical (unpaired) electrons. The molecule has 1 fully saturated rings. The zero-order chi connectivity index (χ0) is 24.6. The highest BCUT2D eigenvalue weighted by atomic mass is 16.6. The quantitative estimate of drug-likeness (QED) is 0.524. The number of carbonyl (C=O) groups excluding carboxylic acids is 3. The fraction of sp³-hybridized carbons (Fsp3) is 0.308. The number of esters is 1. The summed E-state index contributed by atoms with van der Waals surface area (Å²) in [5.41, 5.74) is 2.42. The number of piperidine rings is 1. The van der Waals surface area contributed by atoms with Gasteiger partial charge in [0.2, 0.25) is 0 Å². The second-order valence-corrected chi connectivity index (χ2v) is 8.13. The number of benzene rings is 2. The average Bonchev–Trinajstić information content (AvgIpc) is 3.35. The number of nitrogens with one attached hydrogen (secondary N) is 1. The maximum atomic E-state index is 12.9. The second-order valence-electron chi connectivity index (χ2n) is 8.13. The van der Waals surface area contributed by atoms with Crippen molar-refractivity contribution < 1.29 is 23.9 Å². The van der Waals surface area contributed by atoms with Crippen LogP contribution in [-0.4, -0.2) is 65.0 Å². The smallest absolute Gasteiger partial charge is 0.409 e. The largest absolute Gasteiger partial charge is 0.451 e. The predicted octanol–water partition coefficient (Wildman–Crippen LogP) is 3.43. The Bertz CT molecular complexity index is 1150. The van der Waals surface area contributed by atoms with Gasteiger partial charge >= 0.3 is 12.1 Å². The van der Waals surface area contributed by atoms with Gasteiger partial charge < -0.3 is 19.7 Å². The van der Waals surface area contributed by atoms with E-state index in [9.17, 15) is 14.4 Å². The molecule has 0 bridgehead atoms. The molecule has 35 heavy (non-hydrogen) atoms. The van der Waals surface area contributed by atoms with Gasteiger partial charge in [0.15, 0.2) is 12.3 Å². The summed E-state index contributed by atoms with van der Waals surface area (Å²) in [7, 11) is 0. The van der Waals surface area contributed by atoms with Crippen LogP contribution in [0.5, 0.6) is 0 Å². The van der Waals surface area contributed by atoms with Crippen molar-refractivity contribution in [2.45, 2.75) is 25.8 Å². The highest BCUT2D eigenvalue weighted by Gasteiger charge is 2.25. The summed E-state index contributed by atoms with van der Waals surface area (Å²) in [6.07, 6.45) is 0.885. The summed E-state index contributed by atoms with van der Waals surface area (Å²) in [6, 6.07) is 20.4. The van der Waals surface area contributed by atoms with Gasteiger partial charge in [0.05, 0.1) is 18.0 Å². The minimum Gasteiger partial charge on any atom is -0.451 e. The van der Waals surface area contributed by atoms with Gasteiger partial charge in [-0.25, -0.2) is 14.3 Å². The number of hydrogen-bond donors (Lipinski definition) is 1. The molecule has 9 heteroatoms. The molecule has 9 nitrogen and oxygen atoms in total. The summed E-state index contributed by atoms with van der Waals surface area (Å²) < 4.78 is 11.9. The van der Waals surface area contributed by atoms with E-state index in [4.69, 9.17) is 9.47 Å². The van der Waals surface area contributed by atoms with Crippen LogP contribution in [-0.2, 0) is 14.3 Å².